The molecule has 0 radical (unpaired) electrons. The second-order valence-corrected chi connectivity index (χ2v) is 4.82. The van der Waals surface area contributed by atoms with Crippen LogP contribution in [-0.4, -0.2) is 4.98 Å². The van der Waals surface area contributed by atoms with Crippen LogP contribution in [0.3, 0.4) is 0 Å². The molecule has 1 aromatic carbocycles. The average Bonchev–Trinajstić information content (AvgIpc) is 2.90. The number of nitrogens with zero attached hydrogens (tertiary/aromatic N) is 1. The van der Waals surface area contributed by atoms with Gasteiger partial charge in [0.05, 0.1) is 12.2 Å². The Bertz CT molecular complexity index is 670. The SMILES string of the molecule is CCc1cccnc1CNCc1cc2ccccc2o1. The summed E-state index contributed by atoms with van der Waals surface area (Å²) in [6, 6.07) is 14.3. The van der Waals surface area contributed by atoms with Crippen molar-refractivity contribution in [3.05, 3.63) is 65.7 Å². The lowest BCUT2D eigenvalue weighted by molar-refractivity contribution is 0.511. The number of fused-ring (bicyclic) bond motifs is 1. The van der Waals surface area contributed by atoms with Crippen molar-refractivity contribution in [1.29, 1.82) is 0 Å². The summed E-state index contributed by atoms with van der Waals surface area (Å²) >= 11 is 0. The first kappa shape index (κ1) is 12.9. The number of hydrogen-bond acceptors (Lipinski definition) is 3. The van der Waals surface area contributed by atoms with Crippen LogP contribution in [0.25, 0.3) is 11.0 Å². The zero-order valence-corrected chi connectivity index (χ0v) is 11.6. The summed E-state index contributed by atoms with van der Waals surface area (Å²) in [7, 11) is 0. The van der Waals surface area contributed by atoms with Crippen molar-refractivity contribution in [3.8, 4) is 0 Å². The number of benzene rings is 1. The molecule has 3 rings (SSSR count). The molecule has 20 heavy (non-hydrogen) atoms. The molecule has 0 saturated heterocycles. The molecule has 0 bridgehead atoms. The first-order valence-corrected chi connectivity index (χ1v) is 6.97. The Morgan fingerprint density at radius 1 is 1.10 bits per heavy atom. The number of pyridine rings is 1. The Labute approximate surface area is 118 Å². The van der Waals surface area contributed by atoms with Gasteiger partial charge in [-0.25, -0.2) is 0 Å². The minimum atomic E-state index is 0.717. The number of nitrogens with one attached hydrogen (secondary N) is 1. The molecule has 0 unspecified atom stereocenters. The summed E-state index contributed by atoms with van der Waals surface area (Å²) in [5.74, 6) is 0.958. The van der Waals surface area contributed by atoms with Gasteiger partial charge in [-0.15, -0.1) is 0 Å². The van der Waals surface area contributed by atoms with E-state index in [0.29, 0.717) is 6.54 Å². The lowest BCUT2D eigenvalue weighted by Gasteiger charge is -2.06. The summed E-state index contributed by atoms with van der Waals surface area (Å²) in [4.78, 5) is 4.43. The van der Waals surface area contributed by atoms with Crippen LogP contribution in [0.15, 0.2) is 53.1 Å². The molecular weight excluding hydrogens is 248 g/mol. The maximum atomic E-state index is 5.78. The lowest BCUT2D eigenvalue weighted by Crippen LogP contribution is -2.14. The maximum Gasteiger partial charge on any atom is 0.134 e. The van der Waals surface area contributed by atoms with Gasteiger partial charge in [-0.05, 0) is 30.2 Å². The molecule has 0 fully saturated rings. The van der Waals surface area contributed by atoms with Crippen LogP contribution in [0, 0.1) is 0 Å². The molecule has 0 aliphatic rings. The second-order valence-electron chi connectivity index (χ2n) is 4.82. The molecule has 0 atom stereocenters. The Balaban J connectivity index is 1.65. The van der Waals surface area contributed by atoms with E-state index in [2.05, 4.69) is 35.4 Å². The zero-order valence-electron chi connectivity index (χ0n) is 11.6. The van der Waals surface area contributed by atoms with E-state index in [1.165, 1.54) is 5.56 Å². The summed E-state index contributed by atoms with van der Waals surface area (Å²) in [5, 5.41) is 4.55. The molecule has 3 heteroatoms. The predicted octanol–water partition coefficient (Wildman–Crippen LogP) is 3.68. The molecule has 3 nitrogen and oxygen atoms in total. The first-order valence-electron chi connectivity index (χ1n) is 6.97. The van der Waals surface area contributed by atoms with E-state index in [0.717, 1.165) is 35.4 Å². The lowest BCUT2D eigenvalue weighted by atomic mass is 10.1. The van der Waals surface area contributed by atoms with Gasteiger partial charge in [-0.3, -0.25) is 4.98 Å². The van der Waals surface area contributed by atoms with E-state index in [1.54, 1.807) is 0 Å². The Morgan fingerprint density at radius 2 is 2.00 bits per heavy atom. The van der Waals surface area contributed by atoms with Crippen molar-refractivity contribution in [3.63, 3.8) is 0 Å². The predicted molar refractivity (Wildman–Crippen MR) is 80.4 cm³/mol. The number of aromatic nitrogens is 1. The summed E-state index contributed by atoms with van der Waals surface area (Å²) in [6.07, 6.45) is 2.85. The van der Waals surface area contributed by atoms with E-state index in [-0.39, 0.29) is 0 Å². The Hall–Kier alpha value is -2.13. The highest BCUT2D eigenvalue weighted by Crippen LogP contribution is 2.18. The highest BCUT2D eigenvalue weighted by atomic mass is 16.3. The van der Waals surface area contributed by atoms with Gasteiger partial charge in [0, 0.05) is 18.1 Å². The van der Waals surface area contributed by atoms with Crippen molar-refractivity contribution in [2.24, 2.45) is 0 Å². The molecule has 2 heterocycles. The number of furan rings is 1. The molecule has 102 valence electrons. The van der Waals surface area contributed by atoms with Crippen molar-refractivity contribution in [2.75, 3.05) is 0 Å². The van der Waals surface area contributed by atoms with Crippen LogP contribution in [0.2, 0.25) is 0 Å². The molecule has 3 aromatic rings. The molecule has 0 saturated carbocycles. The van der Waals surface area contributed by atoms with E-state index in [9.17, 15) is 0 Å². The highest BCUT2D eigenvalue weighted by molar-refractivity contribution is 5.77. The molecule has 2 aromatic heterocycles. The number of aryl methyl sites for hydroxylation is 1. The first-order chi connectivity index (χ1) is 9.86. The van der Waals surface area contributed by atoms with E-state index in [1.807, 2.05) is 30.5 Å². The van der Waals surface area contributed by atoms with Gasteiger partial charge in [-0.1, -0.05) is 31.2 Å². The van der Waals surface area contributed by atoms with Gasteiger partial charge in [0.25, 0.3) is 0 Å². The van der Waals surface area contributed by atoms with Crippen LogP contribution < -0.4 is 5.32 Å². The van der Waals surface area contributed by atoms with Gasteiger partial charge in [0.1, 0.15) is 11.3 Å². The quantitative estimate of drug-likeness (QED) is 0.765. The normalized spacial score (nSPS) is 11.1. The molecule has 0 aliphatic heterocycles. The van der Waals surface area contributed by atoms with Crippen LogP contribution in [0.4, 0.5) is 0 Å². The fourth-order valence-electron chi connectivity index (χ4n) is 2.38. The Morgan fingerprint density at radius 3 is 2.85 bits per heavy atom. The van der Waals surface area contributed by atoms with E-state index >= 15 is 0 Å². The maximum absolute atomic E-state index is 5.78. The van der Waals surface area contributed by atoms with Crippen molar-refractivity contribution < 1.29 is 4.42 Å². The van der Waals surface area contributed by atoms with Crippen molar-refractivity contribution >= 4 is 11.0 Å². The van der Waals surface area contributed by atoms with E-state index in [4.69, 9.17) is 4.42 Å². The smallest absolute Gasteiger partial charge is 0.134 e. The van der Waals surface area contributed by atoms with Gasteiger partial charge < -0.3 is 9.73 Å². The number of rotatable bonds is 5. The fraction of sp³-hybridized carbons (Fsp3) is 0.235. The standard InChI is InChI=1S/C17H18N2O/c1-2-13-7-5-9-19-16(13)12-18-11-15-10-14-6-3-4-8-17(14)20-15/h3-10,18H,2,11-12H2,1H3. The Kier molecular flexibility index (Phi) is 3.79. The minimum absolute atomic E-state index is 0.717. The third-order valence-corrected chi connectivity index (χ3v) is 3.43. The zero-order chi connectivity index (χ0) is 13.8. The summed E-state index contributed by atoms with van der Waals surface area (Å²) in [5.41, 5.74) is 3.35. The average molecular weight is 266 g/mol. The van der Waals surface area contributed by atoms with Crippen LogP contribution in [-0.2, 0) is 19.5 Å². The van der Waals surface area contributed by atoms with Gasteiger partial charge in [0.15, 0.2) is 0 Å². The monoisotopic (exact) mass is 266 g/mol. The number of para-hydroxylation sites is 1. The fourth-order valence-corrected chi connectivity index (χ4v) is 2.38. The molecular formula is C17H18N2O. The van der Waals surface area contributed by atoms with Crippen LogP contribution >= 0.6 is 0 Å². The van der Waals surface area contributed by atoms with Crippen LogP contribution in [0.5, 0.6) is 0 Å². The van der Waals surface area contributed by atoms with Crippen molar-refractivity contribution in [2.45, 2.75) is 26.4 Å². The highest BCUT2D eigenvalue weighted by Gasteiger charge is 2.04. The molecule has 0 aliphatic carbocycles. The largest absolute Gasteiger partial charge is 0.460 e. The summed E-state index contributed by atoms with van der Waals surface area (Å²) in [6.45, 7) is 3.63. The summed E-state index contributed by atoms with van der Waals surface area (Å²) < 4.78 is 5.78. The third-order valence-electron chi connectivity index (χ3n) is 3.43. The van der Waals surface area contributed by atoms with E-state index < -0.39 is 0 Å². The third kappa shape index (κ3) is 2.73. The molecule has 0 amide bonds. The minimum Gasteiger partial charge on any atom is -0.460 e. The van der Waals surface area contributed by atoms with Gasteiger partial charge >= 0.3 is 0 Å². The van der Waals surface area contributed by atoms with Gasteiger partial charge in [-0.2, -0.15) is 0 Å². The van der Waals surface area contributed by atoms with Gasteiger partial charge in [0.2, 0.25) is 0 Å². The molecule has 1 N–H and O–H groups in total. The number of hydrogen-bond donors (Lipinski definition) is 1. The topological polar surface area (TPSA) is 38.1 Å². The molecule has 0 spiro atoms. The second kappa shape index (κ2) is 5.88. The van der Waals surface area contributed by atoms with Crippen molar-refractivity contribution in [1.82, 2.24) is 10.3 Å². The van der Waals surface area contributed by atoms with Crippen LogP contribution in [0.1, 0.15) is 23.9 Å².